The Morgan fingerprint density at radius 2 is 1.89 bits per heavy atom. The fraction of sp³-hybridized carbons (Fsp3) is 0.200. The van der Waals surface area contributed by atoms with Gasteiger partial charge in [-0.3, -0.25) is 0 Å². The standard InChI is InChI=1S/C15H16FNO2/c16-9-14(17)13-7-6-12(8-15(13)18)19-10-11-4-2-1-3-5-11/h1-8,14,18H,9-10,17H2/t14-/m0/s1. The minimum Gasteiger partial charge on any atom is -0.507 e. The van der Waals surface area contributed by atoms with E-state index in [0.29, 0.717) is 17.9 Å². The van der Waals surface area contributed by atoms with Gasteiger partial charge in [-0.25, -0.2) is 4.39 Å². The molecular weight excluding hydrogens is 245 g/mol. The first-order valence-electron chi connectivity index (χ1n) is 6.02. The average molecular weight is 261 g/mol. The van der Waals surface area contributed by atoms with Crippen molar-refractivity contribution in [1.29, 1.82) is 0 Å². The second-order valence-corrected chi connectivity index (χ2v) is 4.26. The maximum Gasteiger partial charge on any atom is 0.124 e. The second-order valence-electron chi connectivity index (χ2n) is 4.26. The molecule has 0 aliphatic rings. The molecule has 3 N–H and O–H groups in total. The number of hydrogen-bond acceptors (Lipinski definition) is 3. The van der Waals surface area contributed by atoms with Crippen molar-refractivity contribution < 1.29 is 14.2 Å². The Bertz CT molecular complexity index is 531. The molecule has 0 spiro atoms. The topological polar surface area (TPSA) is 55.5 Å². The molecule has 0 aliphatic carbocycles. The lowest BCUT2D eigenvalue weighted by atomic mass is 10.1. The summed E-state index contributed by atoms with van der Waals surface area (Å²) < 4.78 is 18.0. The first-order chi connectivity index (χ1) is 9.20. The van der Waals surface area contributed by atoms with Crippen molar-refractivity contribution in [3.63, 3.8) is 0 Å². The number of benzene rings is 2. The first-order valence-corrected chi connectivity index (χ1v) is 6.02. The van der Waals surface area contributed by atoms with E-state index in [9.17, 15) is 9.50 Å². The molecule has 2 aromatic carbocycles. The summed E-state index contributed by atoms with van der Waals surface area (Å²) in [6, 6.07) is 13.6. The van der Waals surface area contributed by atoms with Crippen molar-refractivity contribution in [2.24, 2.45) is 5.73 Å². The number of hydrogen-bond donors (Lipinski definition) is 2. The van der Waals surface area contributed by atoms with Gasteiger partial charge in [0.05, 0.1) is 6.04 Å². The summed E-state index contributed by atoms with van der Waals surface area (Å²) in [7, 11) is 0. The highest BCUT2D eigenvalue weighted by molar-refractivity contribution is 5.41. The van der Waals surface area contributed by atoms with E-state index in [1.807, 2.05) is 30.3 Å². The Labute approximate surface area is 111 Å². The maximum absolute atomic E-state index is 12.5. The van der Waals surface area contributed by atoms with Gasteiger partial charge in [0, 0.05) is 11.6 Å². The zero-order chi connectivity index (χ0) is 13.7. The van der Waals surface area contributed by atoms with Crippen molar-refractivity contribution in [2.75, 3.05) is 6.67 Å². The van der Waals surface area contributed by atoms with Crippen LogP contribution in [0.25, 0.3) is 0 Å². The molecular formula is C15H16FNO2. The summed E-state index contributed by atoms with van der Waals surface area (Å²) in [5.74, 6) is 0.479. The molecule has 4 heteroatoms. The lowest BCUT2D eigenvalue weighted by molar-refractivity contribution is 0.303. The van der Waals surface area contributed by atoms with E-state index in [4.69, 9.17) is 10.5 Å². The predicted octanol–water partition coefficient (Wildman–Crippen LogP) is 2.94. The number of phenols is 1. The average Bonchev–Trinajstić information content (AvgIpc) is 2.45. The minimum absolute atomic E-state index is 0.0456. The van der Waals surface area contributed by atoms with Gasteiger partial charge in [0.25, 0.3) is 0 Å². The van der Waals surface area contributed by atoms with E-state index in [2.05, 4.69) is 0 Å². The van der Waals surface area contributed by atoms with Gasteiger partial charge in [-0.2, -0.15) is 0 Å². The Morgan fingerprint density at radius 1 is 1.16 bits per heavy atom. The summed E-state index contributed by atoms with van der Waals surface area (Å²) >= 11 is 0. The molecule has 0 bridgehead atoms. The molecule has 0 unspecified atom stereocenters. The molecule has 0 fully saturated rings. The van der Waals surface area contributed by atoms with Gasteiger partial charge in [0.15, 0.2) is 0 Å². The number of phenolic OH excluding ortho intramolecular Hbond substituents is 1. The van der Waals surface area contributed by atoms with Gasteiger partial charge < -0.3 is 15.6 Å². The number of rotatable bonds is 5. The smallest absolute Gasteiger partial charge is 0.124 e. The van der Waals surface area contributed by atoms with Crippen LogP contribution in [-0.4, -0.2) is 11.8 Å². The predicted molar refractivity (Wildman–Crippen MR) is 71.8 cm³/mol. The van der Waals surface area contributed by atoms with E-state index in [0.717, 1.165) is 5.56 Å². The summed E-state index contributed by atoms with van der Waals surface area (Å²) in [4.78, 5) is 0. The number of nitrogens with two attached hydrogens (primary N) is 1. The molecule has 100 valence electrons. The van der Waals surface area contributed by atoms with Crippen LogP contribution >= 0.6 is 0 Å². The zero-order valence-corrected chi connectivity index (χ0v) is 10.4. The molecule has 19 heavy (non-hydrogen) atoms. The lowest BCUT2D eigenvalue weighted by Gasteiger charge is -2.12. The molecule has 2 aromatic rings. The highest BCUT2D eigenvalue weighted by atomic mass is 19.1. The van der Waals surface area contributed by atoms with E-state index in [1.54, 1.807) is 12.1 Å². The highest BCUT2D eigenvalue weighted by Crippen LogP contribution is 2.28. The molecule has 2 rings (SSSR count). The van der Waals surface area contributed by atoms with Crippen LogP contribution in [-0.2, 0) is 6.61 Å². The van der Waals surface area contributed by atoms with Gasteiger partial charge in [-0.15, -0.1) is 0 Å². The van der Waals surface area contributed by atoms with E-state index < -0.39 is 12.7 Å². The summed E-state index contributed by atoms with van der Waals surface area (Å²) in [5.41, 5.74) is 6.95. The van der Waals surface area contributed by atoms with Crippen LogP contribution in [0, 0.1) is 0 Å². The molecule has 0 aliphatic heterocycles. The van der Waals surface area contributed by atoms with E-state index >= 15 is 0 Å². The molecule has 3 nitrogen and oxygen atoms in total. The van der Waals surface area contributed by atoms with Crippen LogP contribution in [0.15, 0.2) is 48.5 Å². The Morgan fingerprint density at radius 3 is 2.53 bits per heavy atom. The Hall–Kier alpha value is -2.07. The number of halogens is 1. The van der Waals surface area contributed by atoms with Gasteiger partial charge in [0.1, 0.15) is 24.8 Å². The van der Waals surface area contributed by atoms with Gasteiger partial charge in [-0.1, -0.05) is 30.3 Å². The second kappa shape index (κ2) is 6.20. The third kappa shape index (κ3) is 3.45. The van der Waals surface area contributed by atoms with Crippen molar-refractivity contribution in [2.45, 2.75) is 12.6 Å². The third-order valence-corrected chi connectivity index (χ3v) is 2.82. The third-order valence-electron chi connectivity index (χ3n) is 2.82. The fourth-order valence-corrected chi connectivity index (χ4v) is 1.75. The van der Waals surface area contributed by atoms with Crippen molar-refractivity contribution in [3.8, 4) is 11.5 Å². The lowest BCUT2D eigenvalue weighted by Crippen LogP contribution is -2.12. The van der Waals surface area contributed by atoms with E-state index in [-0.39, 0.29) is 5.75 Å². The molecule has 0 saturated heterocycles. The molecule has 1 atom stereocenters. The molecule has 0 heterocycles. The molecule has 0 amide bonds. The molecule has 0 radical (unpaired) electrons. The van der Waals surface area contributed by atoms with Crippen molar-refractivity contribution in [3.05, 3.63) is 59.7 Å². The Kier molecular flexibility index (Phi) is 4.36. The summed E-state index contributed by atoms with van der Waals surface area (Å²) in [5, 5.41) is 9.76. The monoisotopic (exact) mass is 261 g/mol. The molecule has 0 aromatic heterocycles. The molecule has 0 saturated carbocycles. The van der Waals surface area contributed by atoms with Crippen molar-refractivity contribution in [1.82, 2.24) is 0 Å². The quantitative estimate of drug-likeness (QED) is 0.870. The van der Waals surface area contributed by atoms with Crippen LogP contribution < -0.4 is 10.5 Å². The summed E-state index contributed by atoms with van der Waals surface area (Å²) in [6.07, 6.45) is 0. The van der Waals surface area contributed by atoms with Crippen LogP contribution in [0.4, 0.5) is 4.39 Å². The maximum atomic E-state index is 12.5. The summed E-state index contributed by atoms with van der Waals surface area (Å²) in [6.45, 7) is -0.299. The first kappa shape index (κ1) is 13.4. The number of alkyl halides is 1. The van der Waals surface area contributed by atoms with Gasteiger partial charge in [0.2, 0.25) is 0 Å². The Balaban J connectivity index is 2.04. The number of ether oxygens (including phenoxy) is 1. The van der Waals surface area contributed by atoms with Crippen LogP contribution in [0.3, 0.4) is 0 Å². The number of aromatic hydroxyl groups is 1. The van der Waals surface area contributed by atoms with Gasteiger partial charge in [-0.05, 0) is 17.7 Å². The normalized spacial score (nSPS) is 12.1. The van der Waals surface area contributed by atoms with Crippen molar-refractivity contribution >= 4 is 0 Å². The van der Waals surface area contributed by atoms with E-state index in [1.165, 1.54) is 6.07 Å². The zero-order valence-electron chi connectivity index (χ0n) is 10.4. The fourth-order valence-electron chi connectivity index (χ4n) is 1.75. The SMILES string of the molecule is N[C@@H](CF)c1ccc(OCc2ccccc2)cc1O. The largest absolute Gasteiger partial charge is 0.507 e. The van der Waals surface area contributed by atoms with Crippen LogP contribution in [0.5, 0.6) is 11.5 Å². The van der Waals surface area contributed by atoms with Gasteiger partial charge >= 0.3 is 0 Å². The highest BCUT2D eigenvalue weighted by Gasteiger charge is 2.11. The van der Waals surface area contributed by atoms with Crippen LogP contribution in [0.2, 0.25) is 0 Å². The van der Waals surface area contributed by atoms with Crippen LogP contribution in [0.1, 0.15) is 17.2 Å². The minimum atomic E-state index is -0.803.